The number of nitrogens with zero attached hydrogens (tertiary/aromatic N) is 3. The van der Waals surface area contributed by atoms with Gasteiger partial charge in [-0.3, -0.25) is 4.79 Å². The van der Waals surface area contributed by atoms with Gasteiger partial charge in [0.05, 0.1) is 11.6 Å². The van der Waals surface area contributed by atoms with Gasteiger partial charge in [-0.05, 0) is 61.0 Å². The van der Waals surface area contributed by atoms with Gasteiger partial charge in [0.2, 0.25) is 5.88 Å². The average Bonchev–Trinajstić information content (AvgIpc) is 2.70. The monoisotopic (exact) mass is 354 g/mol. The highest BCUT2D eigenvalue weighted by molar-refractivity contribution is 6.04. The van der Waals surface area contributed by atoms with Gasteiger partial charge in [0.25, 0.3) is 5.91 Å². The highest BCUT2D eigenvalue weighted by Gasteiger charge is 2.11. The summed E-state index contributed by atoms with van der Waals surface area (Å²) in [7, 11) is 0. The first-order valence-electron chi connectivity index (χ1n) is 8.06. The normalized spacial score (nSPS) is 9.74. The van der Waals surface area contributed by atoms with Gasteiger partial charge in [-0.1, -0.05) is 6.07 Å². The highest BCUT2D eigenvalue weighted by atomic mass is 16.5. The van der Waals surface area contributed by atoms with Crippen molar-refractivity contribution >= 4 is 11.6 Å². The van der Waals surface area contributed by atoms with E-state index in [1.807, 2.05) is 19.1 Å². The number of aromatic nitrogens is 1. The van der Waals surface area contributed by atoms with Crippen LogP contribution in [-0.4, -0.2) is 10.9 Å². The van der Waals surface area contributed by atoms with Crippen molar-refractivity contribution in [1.29, 1.82) is 10.5 Å². The zero-order valence-corrected chi connectivity index (χ0v) is 14.4. The molecule has 0 saturated heterocycles. The lowest BCUT2D eigenvalue weighted by Gasteiger charge is -2.11. The highest BCUT2D eigenvalue weighted by Crippen LogP contribution is 2.27. The van der Waals surface area contributed by atoms with Crippen molar-refractivity contribution in [2.45, 2.75) is 6.92 Å². The number of anilines is 1. The quantitative estimate of drug-likeness (QED) is 0.758. The van der Waals surface area contributed by atoms with Gasteiger partial charge in [-0.2, -0.15) is 10.5 Å². The Bertz CT molecular complexity index is 1090. The second-order valence-electron chi connectivity index (χ2n) is 5.69. The Morgan fingerprint density at radius 3 is 2.67 bits per heavy atom. The summed E-state index contributed by atoms with van der Waals surface area (Å²) in [6.07, 6.45) is 1.55. The molecule has 1 N–H and O–H groups in total. The minimum atomic E-state index is -0.305. The molecule has 0 unspecified atom stereocenters. The van der Waals surface area contributed by atoms with E-state index in [4.69, 9.17) is 15.3 Å². The molecule has 1 heterocycles. The molecule has 3 aromatic rings. The summed E-state index contributed by atoms with van der Waals surface area (Å²) in [4.78, 5) is 16.5. The maximum atomic E-state index is 12.4. The van der Waals surface area contributed by atoms with Crippen LogP contribution in [0.2, 0.25) is 0 Å². The fourth-order valence-electron chi connectivity index (χ4n) is 2.43. The molecule has 27 heavy (non-hydrogen) atoms. The molecular formula is C21H14N4O2. The van der Waals surface area contributed by atoms with Crippen LogP contribution in [-0.2, 0) is 0 Å². The molecule has 3 rings (SSSR count). The first kappa shape index (κ1) is 17.7. The summed E-state index contributed by atoms with van der Waals surface area (Å²) >= 11 is 0. The molecule has 0 aliphatic rings. The Kier molecular flexibility index (Phi) is 5.11. The molecule has 0 atom stereocenters. The van der Waals surface area contributed by atoms with Crippen LogP contribution in [0.3, 0.4) is 0 Å². The van der Waals surface area contributed by atoms with Gasteiger partial charge < -0.3 is 10.1 Å². The van der Waals surface area contributed by atoms with E-state index in [0.717, 1.165) is 5.56 Å². The van der Waals surface area contributed by atoms with Gasteiger partial charge in [-0.25, -0.2) is 4.98 Å². The number of ether oxygens (including phenoxy) is 1. The van der Waals surface area contributed by atoms with E-state index in [0.29, 0.717) is 28.1 Å². The van der Waals surface area contributed by atoms with Crippen molar-refractivity contribution in [3.63, 3.8) is 0 Å². The van der Waals surface area contributed by atoms with Crippen LogP contribution in [0, 0.1) is 29.6 Å². The maximum Gasteiger partial charge on any atom is 0.255 e. The molecule has 0 saturated carbocycles. The van der Waals surface area contributed by atoms with Crippen LogP contribution in [0.25, 0.3) is 0 Å². The van der Waals surface area contributed by atoms with Gasteiger partial charge in [0.1, 0.15) is 17.4 Å². The number of aryl methyl sites for hydroxylation is 1. The maximum absolute atomic E-state index is 12.4. The largest absolute Gasteiger partial charge is 0.438 e. The third-order valence-electron chi connectivity index (χ3n) is 3.81. The van der Waals surface area contributed by atoms with Gasteiger partial charge in [0.15, 0.2) is 0 Å². The topological polar surface area (TPSA) is 98.8 Å². The van der Waals surface area contributed by atoms with Crippen molar-refractivity contribution in [2.75, 3.05) is 5.32 Å². The molecule has 0 fully saturated rings. The Balaban J connectivity index is 1.78. The number of benzene rings is 2. The van der Waals surface area contributed by atoms with E-state index >= 15 is 0 Å². The second kappa shape index (κ2) is 7.81. The number of carbonyl (C=O) groups excluding carboxylic acids is 1. The number of hydrogen-bond donors (Lipinski definition) is 1. The summed E-state index contributed by atoms with van der Waals surface area (Å²) in [6, 6.07) is 19.0. The van der Waals surface area contributed by atoms with E-state index in [1.54, 1.807) is 54.7 Å². The van der Waals surface area contributed by atoms with Crippen molar-refractivity contribution in [1.82, 2.24) is 4.98 Å². The number of rotatable bonds is 4. The smallest absolute Gasteiger partial charge is 0.255 e. The molecule has 2 aromatic carbocycles. The fourth-order valence-corrected chi connectivity index (χ4v) is 2.43. The standard InChI is InChI=1S/C21H14N4O2/c1-14-10-18(27-21-17(13-23)6-3-9-24-21)7-8-19(14)25-20(26)16-5-2-4-15(11-16)12-22/h2-11H,1H3,(H,25,26). The molecule has 0 aliphatic heterocycles. The number of carbonyl (C=O) groups is 1. The third kappa shape index (κ3) is 4.09. The molecule has 0 radical (unpaired) electrons. The van der Waals surface area contributed by atoms with Crippen LogP contribution in [0.1, 0.15) is 27.0 Å². The summed E-state index contributed by atoms with van der Waals surface area (Å²) in [5.41, 5.74) is 2.57. The minimum Gasteiger partial charge on any atom is -0.438 e. The van der Waals surface area contributed by atoms with E-state index in [9.17, 15) is 4.79 Å². The number of pyridine rings is 1. The van der Waals surface area contributed by atoms with Crippen LogP contribution in [0.15, 0.2) is 60.8 Å². The predicted molar refractivity (Wildman–Crippen MR) is 99.3 cm³/mol. The van der Waals surface area contributed by atoms with Crippen LogP contribution < -0.4 is 10.1 Å². The zero-order valence-electron chi connectivity index (χ0n) is 14.4. The molecule has 6 nitrogen and oxygen atoms in total. The molecular weight excluding hydrogens is 340 g/mol. The first-order valence-corrected chi connectivity index (χ1v) is 8.06. The molecule has 1 amide bonds. The molecule has 0 spiro atoms. The number of amides is 1. The fraction of sp³-hybridized carbons (Fsp3) is 0.0476. The lowest BCUT2D eigenvalue weighted by molar-refractivity contribution is 0.102. The van der Waals surface area contributed by atoms with Gasteiger partial charge in [-0.15, -0.1) is 0 Å². The Hall–Kier alpha value is -4.16. The summed E-state index contributed by atoms with van der Waals surface area (Å²) in [5, 5.41) is 20.9. The van der Waals surface area contributed by atoms with Gasteiger partial charge in [0, 0.05) is 17.4 Å². The number of nitriles is 2. The Morgan fingerprint density at radius 1 is 1.07 bits per heavy atom. The van der Waals surface area contributed by atoms with Crippen molar-refractivity contribution in [3.8, 4) is 23.8 Å². The zero-order chi connectivity index (χ0) is 19.2. The lowest BCUT2D eigenvalue weighted by atomic mass is 10.1. The number of nitrogens with one attached hydrogen (secondary N) is 1. The second-order valence-corrected chi connectivity index (χ2v) is 5.69. The van der Waals surface area contributed by atoms with Crippen molar-refractivity contribution in [2.24, 2.45) is 0 Å². The molecule has 6 heteroatoms. The summed E-state index contributed by atoms with van der Waals surface area (Å²) in [6.45, 7) is 1.83. The predicted octanol–water partition coefficient (Wildman–Crippen LogP) is 4.18. The van der Waals surface area contributed by atoms with Crippen LogP contribution >= 0.6 is 0 Å². The molecule has 130 valence electrons. The summed E-state index contributed by atoms with van der Waals surface area (Å²) in [5.74, 6) is 0.428. The minimum absolute atomic E-state index is 0.226. The molecule has 0 aliphatic carbocycles. The van der Waals surface area contributed by atoms with Gasteiger partial charge >= 0.3 is 0 Å². The number of hydrogen-bond acceptors (Lipinski definition) is 5. The average molecular weight is 354 g/mol. The Labute approximate surface area is 156 Å². The summed E-state index contributed by atoms with van der Waals surface area (Å²) < 4.78 is 5.67. The van der Waals surface area contributed by atoms with E-state index in [2.05, 4.69) is 10.3 Å². The van der Waals surface area contributed by atoms with E-state index in [1.165, 1.54) is 6.07 Å². The van der Waals surface area contributed by atoms with Crippen molar-refractivity contribution in [3.05, 3.63) is 83.0 Å². The first-order chi connectivity index (χ1) is 13.1. The van der Waals surface area contributed by atoms with Crippen LogP contribution in [0.4, 0.5) is 5.69 Å². The van der Waals surface area contributed by atoms with E-state index in [-0.39, 0.29) is 11.8 Å². The van der Waals surface area contributed by atoms with Crippen LogP contribution in [0.5, 0.6) is 11.6 Å². The van der Waals surface area contributed by atoms with E-state index < -0.39 is 0 Å². The molecule has 0 bridgehead atoms. The molecule has 1 aromatic heterocycles. The Morgan fingerprint density at radius 2 is 1.93 bits per heavy atom. The third-order valence-corrected chi connectivity index (χ3v) is 3.81. The van der Waals surface area contributed by atoms with Crippen molar-refractivity contribution < 1.29 is 9.53 Å². The lowest BCUT2D eigenvalue weighted by Crippen LogP contribution is -2.12. The SMILES string of the molecule is Cc1cc(Oc2ncccc2C#N)ccc1NC(=O)c1cccc(C#N)c1.